The smallest absolute Gasteiger partial charge is 0.270 e. The third-order valence-corrected chi connectivity index (χ3v) is 2.35. The van der Waals surface area contributed by atoms with Crippen LogP contribution in [0.15, 0.2) is 34.8 Å². The molecule has 0 fully saturated rings. The molecule has 0 unspecified atom stereocenters. The van der Waals surface area contributed by atoms with Gasteiger partial charge in [0.25, 0.3) is 5.69 Å². The molecule has 1 aromatic rings. The van der Waals surface area contributed by atoms with Gasteiger partial charge in [0.05, 0.1) is 16.0 Å². The molecule has 1 aromatic carbocycles. The third-order valence-electron chi connectivity index (χ3n) is 1.73. The zero-order chi connectivity index (χ0) is 12.0. The van der Waals surface area contributed by atoms with E-state index in [2.05, 4.69) is 15.9 Å². The lowest BCUT2D eigenvalue weighted by Crippen LogP contribution is -1.95. The Morgan fingerprint density at radius 1 is 1.50 bits per heavy atom. The van der Waals surface area contributed by atoms with Crippen LogP contribution < -0.4 is 4.74 Å². The molecular weight excluding hydrogens is 278 g/mol. The molecular formula is C10H10BrNO4. The quantitative estimate of drug-likeness (QED) is 0.512. The highest BCUT2D eigenvalue weighted by molar-refractivity contribution is 9.10. The number of nitro groups is 1. The van der Waals surface area contributed by atoms with Gasteiger partial charge in [-0.1, -0.05) is 6.08 Å². The largest absolute Gasteiger partial charge is 0.488 e. The second kappa shape index (κ2) is 6.24. The molecule has 1 N–H and O–H groups in total. The number of rotatable bonds is 5. The van der Waals surface area contributed by atoms with Crippen molar-refractivity contribution in [1.29, 1.82) is 0 Å². The molecule has 0 heterocycles. The molecule has 0 spiro atoms. The molecule has 0 radical (unpaired) electrons. The summed E-state index contributed by atoms with van der Waals surface area (Å²) in [5.41, 5.74) is 0.00475. The monoisotopic (exact) mass is 287 g/mol. The second-order valence-corrected chi connectivity index (χ2v) is 3.69. The van der Waals surface area contributed by atoms with Crippen LogP contribution in [-0.4, -0.2) is 23.2 Å². The first kappa shape index (κ1) is 12.7. The van der Waals surface area contributed by atoms with E-state index in [1.807, 2.05) is 0 Å². The standard InChI is InChI=1S/C10H10BrNO4/c11-9-7-8(12(14)15)3-4-10(9)16-6-2-1-5-13/h1-4,7,13H,5-6H2/b2-1+. The second-order valence-electron chi connectivity index (χ2n) is 2.84. The molecule has 0 aliphatic rings. The van der Waals surface area contributed by atoms with Gasteiger partial charge in [-0.15, -0.1) is 0 Å². The zero-order valence-corrected chi connectivity index (χ0v) is 9.88. The predicted octanol–water partition coefficient (Wildman–Crippen LogP) is 2.28. The van der Waals surface area contributed by atoms with Gasteiger partial charge in [0.2, 0.25) is 0 Å². The summed E-state index contributed by atoms with van der Waals surface area (Å²) in [6.07, 6.45) is 3.22. The summed E-state index contributed by atoms with van der Waals surface area (Å²) in [5, 5.41) is 19.0. The van der Waals surface area contributed by atoms with Crippen LogP contribution in [0.5, 0.6) is 5.75 Å². The number of nitrogens with zero attached hydrogens (tertiary/aromatic N) is 1. The minimum atomic E-state index is -0.472. The normalized spacial score (nSPS) is 10.6. The van der Waals surface area contributed by atoms with E-state index in [0.717, 1.165) is 0 Å². The van der Waals surface area contributed by atoms with Crippen molar-refractivity contribution in [2.75, 3.05) is 13.2 Å². The fourth-order valence-corrected chi connectivity index (χ4v) is 1.48. The van der Waals surface area contributed by atoms with Gasteiger partial charge in [0.15, 0.2) is 0 Å². The summed E-state index contributed by atoms with van der Waals surface area (Å²) < 4.78 is 5.83. The Morgan fingerprint density at radius 3 is 2.81 bits per heavy atom. The first-order chi connectivity index (χ1) is 7.65. The summed E-state index contributed by atoms with van der Waals surface area (Å²) in [7, 11) is 0. The number of hydrogen-bond donors (Lipinski definition) is 1. The lowest BCUT2D eigenvalue weighted by Gasteiger charge is -2.04. The SMILES string of the molecule is O=[N+]([O-])c1ccc(OC/C=C/CO)c(Br)c1. The molecule has 1 rings (SSSR count). The van der Waals surface area contributed by atoms with E-state index in [1.165, 1.54) is 18.2 Å². The van der Waals surface area contributed by atoms with E-state index >= 15 is 0 Å². The molecule has 0 saturated heterocycles. The van der Waals surface area contributed by atoms with Gasteiger partial charge < -0.3 is 9.84 Å². The molecule has 0 saturated carbocycles. The topological polar surface area (TPSA) is 72.6 Å². The zero-order valence-electron chi connectivity index (χ0n) is 8.30. The average Bonchev–Trinajstić information content (AvgIpc) is 2.26. The average molecular weight is 288 g/mol. The van der Waals surface area contributed by atoms with Gasteiger partial charge in [-0.3, -0.25) is 10.1 Å². The molecule has 0 aliphatic heterocycles. The summed E-state index contributed by atoms with van der Waals surface area (Å²) in [4.78, 5) is 10.00. The van der Waals surface area contributed by atoms with Crippen molar-refractivity contribution in [2.24, 2.45) is 0 Å². The van der Waals surface area contributed by atoms with Crippen LogP contribution in [0, 0.1) is 10.1 Å². The lowest BCUT2D eigenvalue weighted by atomic mass is 10.3. The van der Waals surface area contributed by atoms with Gasteiger partial charge in [-0.05, 0) is 28.1 Å². The Hall–Kier alpha value is -1.40. The van der Waals surface area contributed by atoms with Gasteiger partial charge in [-0.2, -0.15) is 0 Å². The molecule has 86 valence electrons. The number of hydrogen-bond acceptors (Lipinski definition) is 4. The number of aliphatic hydroxyl groups is 1. The molecule has 16 heavy (non-hydrogen) atoms. The van der Waals surface area contributed by atoms with Crippen LogP contribution in [0.2, 0.25) is 0 Å². The highest BCUT2D eigenvalue weighted by Gasteiger charge is 2.09. The third kappa shape index (κ3) is 3.63. The maximum absolute atomic E-state index is 10.5. The summed E-state index contributed by atoms with van der Waals surface area (Å²) >= 11 is 3.18. The molecule has 0 aromatic heterocycles. The van der Waals surface area contributed by atoms with Crippen molar-refractivity contribution < 1.29 is 14.8 Å². The molecule has 5 nitrogen and oxygen atoms in total. The Bertz CT molecular complexity index is 406. The molecule has 0 amide bonds. The van der Waals surface area contributed by atoms with Crippen molar-refractivity contribution >= 4 is 21.6 Å². The van der Waals surface area contributed by atoms with E-state index in [1.54, 1.807) is 12.2 Å². The maximum atomic E-state index is 10.5. The van der Waals surface area contributed by atoms with Gasteiger partial charge in [0.1, 0.15) is 12.4 Å². The summed E-state index contributed by atoms with van der Waals surface area (Å²) in [6, 6.07) is 4.27. The minimum Gasteiger partial charge on any atom is -0.488 e. The van der Waals surface area contributed by atoms with E-state index in [-0.39, 0.29) is 12.3 Å². The Morgan fingerprint density at radius 2 is 2.25 bits per heavy atom. The van der Waals surface area contributed by atoms with Crippen molar-refractivity contribution in [3.8, 4) is 5.75 Å². The van der Waals surface area contributed by atoms with Crippen molar-refractivity contribution in [3.05, 3.63) is 44.9 Å². The van der Waals surface area contributed by atoms with Crippen LogP contribution in [0.3, 0.4) is 0 Å². The highest BCUT2D eigenvalue weighted by Crippen LogP contribution is 2.28. The number of ether oxygens (including phenoxy) is 1. The van der Waals surface area contributed by atoms with Gasteiger partial charge >= 0.3 is 0 Å². The molecule has 0 bridgehead atoms. The van der Waals surface area contributed by atoms with Crippen LogP contribution >= 0.6 is 15.9 Å². The first-order valence-corrected chi connectivity index (χ1v) is 5.27. The number of non-ortho nitro benzene ring substituents is 1. The van der Waals surface area contributed by atoms with Crippen molar-refractivity contribution in [3.63, 3.8) is 0 Å². The van der Waals surface area contributed by atoms with Crippen LogP contribution in [0.25, 0.3) is 0 Å². The fourth-order valence-electron chi connectivity index (χ4n) is 1.00. The molecule has 0 atom stereocenters. The van der Waals surface area contributed by atoms with Crippen LogP contribution in [0.1, 0.15) is 0 Å². The van der Waals surface area contributed by atoms with E-state index in [9.17, 15) is 10.1 Å². The van der Waals surface area contributed by atoms with E-state index < -0.39 is 4.92 Å². The first-order valence-electron chi connectivity index (χ1n) is 4.47. The van der Waals surface area contributed by atoms with Crippen molar-refractivity contribution in [2.45, 2.75) is 0 Å². The number of nitro benzene ring substituents is 1. The Kier molecular flexibility index (Phi) is 4.94. The fraction of sp³-hybridized carbons (Fsp3) is 0.200. The van der Waals surface area contributed by atoms with E-state index in [4.69, 9.17) is 9.84 Å². The maximum Gasteiger partial charge on any atom is 0.270 e. The lowest BCUT2D eigenvalue weighted by molar-refractivity contribution is -0.384. The number of halogens is 1. The van der Waals surface area contributed by atoms with Gasteiger partial charge in [0, 0.05) is 12.1 Å². The number of benzene rings is 1. The predicted molar refractivity (Wildman–Crippen MR) is 62.5 cm³/mol. The van der Waals surface area contributed by atoms with E-state index in [0.29, 0.717) is 16.8 Å². The molecule has 6 heteroatoms. The molecule has 0 aliphatic carbocycles. The Balaban J connectivity index is 2.68. The Labute approximate surface area is 101 Å². The van der Waals surface area contributed by atoms with Crippen molar-refractivity contribution in [1.82, 2.24) is 0 Å². The van der Waals surface area contributed by atoms with Crippen LogP contribution in [0.4, 0.5) is 5.69 Å². The number of aliphatic hydroxyl groups excluding tert-OH is 1. The van der Waals surface area contributed by atoms with Gasteiger partial charge in [-0.25, -0.2) is 0 Å². The van der Waals surface area contributed by atoms with Crippen LogP contribution in [-0.2, 0) is 0 Å². The highest BCUT2D eigenvalue weighted by atomic mass is 79.9. The summed E-state index contributed by atoms with van der Waals surface area (Å²) in [5.74, 6) is 0.521. The summed E-state index contributed by atoms with van der Waals surface area (Å²) in [6.45, 7) is 0.266. The minimum absolute atomic E-state index is 0.00475.